The highest BCUT2D eigenvalue weighted by Crippen LogP contribution is 2.35. The first-order valence-electron chi connectivity index (χ1n) is 4.57. The summed E-state index contributed by atoms with van der Waals surface area (Å²) in [6, 6.07) is 13.2. The van der Waals surface area contributed by atoms with Crippen LogP contribution in [0.3, 0.4) is 0 Å². The van der Waals surface area contributed by atoms with Crippen LogP contribution in [0.4, 0.5) is 0 Å². The van der Waals surface area contributed by atoms with Crippen LogP contribution in [0.2, 0.25) is 5.02 Å². The summed E-state index contributed by atoms with van der Waals surface area (Å²) < 4.78 is 1.02. The zero-order valence-electron chi connectivity index (χ0n) is 8.15. The first kappa shape index (κ1) is 12.1. The van der Waals surface area contributed by atoms with Crippen molar-refractivity contribution in [3.05, 3.63) is 51.1 Å². The van der Waals surface area contributed by atoms with Gasteiger partial charge in [-0.1, -0.05) is 23.4 Å². The number of aromatic hydroxyl groups is 1. The van der Waals surface area contributed by atoms with E-state index >= 15 is 0 Å². The van der Waals surface area contributed by atoms with Crippen molar-refractivity contribution in [2.24, 2.45) is 0 Å². The van der Waals surface area contributed by atoms with Gasteiger partial charge < -0.3 is 5.11 Å². The van der Waals surface area contributed by atoms with E-state index in [0.717, 1.165) is 18.4 Å². The quantitative estimate of drug-likeness (QED) is 0.774. The van der Waals surface area contributed by atoms with Crippen LogP contribution in [0.25, 0.3) is 0 Å². The Labute approximate surface area is 117 Å². The standard InChI is InChI=1S/C12H8ClIOS/c13-8-1-4-10(5-2-8)16-12-6-3-9(14)7-11(12)15/h1-7,15H. The van der Waals surface area contributed by atoms with E-state index in [1.807, 2.05) is 36.4 Å². The fraction of sp³-hybridized carbons (Fsp3) is 0. The predicted molar refractivity (Wildman–Crippen MR) is 76.4 cm³/mol. The molecule has 82 valence electrons. The Morgan fingerprint density at radius 3 is 2.38 bits per heavy atom. The van der Waals surface area contributed by atoms with Gasteiger partial charge in [0.05, 0.1) is 4.90 Å². The monoisotopic (exact) mass is 362 g/mol. The first-order valence-corrected chi connectivity index (χ1v) is 6.84. The Hall–Kier alpha value is -0.390. The molecule has 0 saturated heterocycles. The normalized spacial score (nSPS) is 10.4. The van der Waals surface area contributed by atoms with Crippen molar-refractivity contribution in [1.82, 2.24) is 0 Å². The summed E-state index contributed by atoms with van der Waals surface area (Å²) >= 11 is 9.50. The minimum atomic E-state index is 0.312. The summed E-state index contributed by atoms with van der Waals surface area (Å²) in [5, 5.41) is 10.5. The molecular weight excluding hydrogens is 355 g/mol. The van der Waals surface area contributed by atoms with Crippen molar-refractivity contribution in [2.45, 2.75) is 9.79 Å². The Morgan fingerprint density at radius 2 is 1.75 bits per heavy atom. The van der Waals surface area contributed by atoms with E-state index in [9.17, 15) is 5.11 Å². The molecule has 4 heteroatoms. The lowest BCUT2D eigenvalue weighted by Gasteiger charge is -2.04. The second kappa shape index (κ2) is 5.29. The molecule has 0 amide bonds. The fourth-order valence-corrected chi connectivity index (χ4v) is 2.63. The van der Waals surface area contributed by atoms with Gasteiger partial charge in [-0.05, 0) is 65.1 Å². The molecule has 0 aliphatic heterocycles. The van der Waals surface area contributed by atoms with Crippen molar-refractivity contribution in [1.29, 1.82) is 0 Å². The molecule has 2 aromatic rings. The molecule has 0 bridgehead atoms. The van der Waals surface area contributed by atoms with Crippen LogP contribution in [-0.2, 0) is 0 Å². The first-order chi connectivity index (χ1) is 7.65. The average Bonchev–Trinajstić information content (AvgIpc) is 2.25. The van der Waals surface area contributed by atoms with Gasteiger partial charge in [0.2, 0.25) is 0 Å². The maximum Gasteiger partial charge on any atom is 0.130 e. The Kier molecular flexibility index (Phi) is 4.00. The number of hydrogen-bond acceptors (Lipinski definition) is 2. The number of hydrogen-bond donors (Lipinski definition) is 1. The molecule has 0 heterocycles. The van der Waals surface area contributed by atoms with Crippen LogP contribution in [0.5, 0.6) is 5.75 Å². The summed E-state index contributed by atoms with van der Waals surface area (Å²) in [6.07, 6.45) is 0. The van der Waals surface area contributed by atoms with E-state index in [-0.39, 0.29) is 0 Å². The van der Waals surface area contributed by atoms with E-state index in [0.29, 0.717) is 5.75 Å². The van der Waals surface area contributed by atoms with Gasteiger partial charge in [0.25, 0.3) is 0 Å². The number of phenolic OH excluding ortho intramolecular Hbond substituents is 1. The van der Waals surface area contributed by atoms with Crippen LogP contribution >= 0.6 is 46.0 Å². The minimum Gasteiger partial charge on any atom is -0.507 e. The topological polar surface area (TPSA) is 20.2 Å². The van der Waals surface area contributed by atoms with Gasteiger partial charge in [-0.2, -0.15) is 0 Å². The maximum absolute atomic E-state index is 9.76. The van der Waals surface area contributed by atoms with E-state index in [2.05, 4.69) is 22.6 Å². The van der Waals surface area contributed by atoms with E-state index in [4.69, 9.17) is 11.6 Å². The lowest BCUT2D eigenvalue weighted by Crippen LogP contribution is -1.77. The molecule has 16 heavy (non-hydrogen) atoms. The fourth-order valence-electron chi connectivity index (χ4n) is 1.21. The molecule has 2 rings (SSSR count). The van der Waals surface area contributed by atoms with Crippen molar-refractivity contribution in [2.75, 3.05) is 0 Å². The summed E-state index contributed by atoms with van der Waals surface area (Å²) in [6.45, 7) is 0. The van der Waals surface area contributed by atoms with E-state index in [1.165, 1.54) is 11.8 Å². The lowest BCUT2D eigenvalue weighted by atomic mass is 10.3. The molecule has 0 unspecified atom stereocenters. The molecule has 0 saturated carbocycles. The second-order valence-corrected chi connectivity index (χ2v) is 5.97. The van der Waals surface area contributed by atoms with Crippen molar-refractivity contribution < 1.29 is 5.11 Å². The van der Waals surface area contributed by atoms with Crippen molar-refractivity contribution >= 4 is 46.0 Å². The number of phenols is 1. The van der Waals surface area contributed by atoms with Crippen LogP contribution in [0, 0.1) is 3.57 Å². The van der Waals surface area contributed by atoms with Gasteiger partial charge in [-0.15, -0.1) is 0 Å². The third-order valence-electron chi connectivity index (χ3n) is 1.96. The van der Waals surface area contributed by atoms with E-state index in [1.54, 1.807) is 6.07 Å². The smallest absolute Gasteiger partial charge is 0.130 e. The van der Waals surface area contributed by atoms with Crippen molar-refractivity contribution in [3.8, 4) is 5.75 Å². The highest BCUT2D eigenvalue weighted by atomic mass is 127. The molecule has 1 N–H and O–H groups in total. The molecule has 1 nitrogen and oxygen atoms in total. The highest BCUT2D eigenvalue weighted by Gasteiger charge is 2.03. The Bertz CT molecular complexity index is 499. The molecule has 0 aliphatic carbocycles. The van der Waals surface area contributed by atoms with Gasteiger partial charge in [-0.3, -0.25) is 0 Å². The lowest BCUT2D eigenvalue weighted by molar-refractivity contribution is 0.462. The van der Waals surface area contributed by atoms with E-state index < -0.39 is 0 Å². The summed E-state index contributed by atoms with van der Waals surface area (Å²) in [7, 11) is 0. The van der Waals surface area contributed by atoms with Gasteiger partial charge in [-0.25, -0.2) is 0 Å². The van der Waals surface area contributed by atoms with Gasteiger partial charge >= 0.3 is 0 Å². The summed E-state index contributed by atoms with van der Waals surface area (Å²) in [4.78, 5) is 1.91. The zero-order valence-corrected chi connectivity index (χ0v) is 11.9. The molecule has 0 atom stereocenters. The zero-order chi connectivity index (χ0) is 11.5. The van der Waals surface area contributed by atoms with Crippen LogP contribution in [0.15, 0.2) is 52.3 Å². The maximum atomic E-state index is 9.76. The average molecular weight is 363 g/mol. The van der Waals surface area contributed by atoms with Crippen LogP contribution in [-0.4, -0.2) is 5.11 Å². The SMILES string of the molecule is Oc1cc(I)ccc1Sc1ccc(Cl)cc1. The molecule has 0 fully saturated rings. The van der Waals surface area contributed by atoms with Crippen LogP contribution < -0.4 is 0 Å². The predicted octanol–water partition coefficient (Wildman–Crippen LogP) is 4.80. The molecule has 0 spiro atoms. The molecule has 0 aromatic heterocycles. The van der Waals surface area contributed by atoms with Gasteiger partial charge in [0, 0.05) is 13.5 Å². The van der Waals surface area contributed by atoms with Gasteiger partial charge in [0.15, 0.2) is 0 Å². The Morgan fingerprint density at radius 1 is 1.06 bits per heavy atom. The highest BCUT2D eigenvalue weighted by molar-refractivity contribution is 14.1. The van der Waals surface area contributed by atoms with Crippen molar-refractivity contribution in [3.63, 3.8) is 0 Å². The third kappa shape index (κ3) is 3.06. The molecule has 0 radical (unpaired) electrons. The second-order valence-electron chi connectivity index (χ2n) is 3.17. The molecular formula is C12H8ClIOS. The van der Waals surface area contributed by atoms with Gasteiger partial charge in [0.1, 0.15) is 5.75 Å². The third-order valence-corrected chi connectivity index (χ3v) is 3.96. The summed E-state index contributed by atoms with van der Waals surface area (Å²) in [5.74, 6) is 0.312. The Balaban J connectivity index is 2.23. The number of rotatable bonds is 2. The molecule has 2 aromatic carbocycles. The molecule has 0 aliphatic rings. The summed E-state index contributed by atoms with van der Waals surface area (Å²) in [5.41, 5.74) is 0. The number of benzene rings is 2. The van der Waals surface area contributed by atoms with Crippen LogP contribution in [0.1, 0.15) is 0 Å². The largest absolute Gasteiger partial charge is 0.507 e. The minimum absolute atomic E-state index is 0.312. The number of halogens is 2.